The molecule has 2 nitrogen and oxygen atoms in total. The SMILES string of the molecule is CC(C)(C)c1c[nH]c2nc(F)ccc12. The van der Waals surface area contributed by atoms with E-state index in [9.17, 15) is 4.39 Å². The van der Waals surface area contributed by atoms with Crippen molar-refractivity contribution in [2.24, 2.45) is 0 Å². The third-order valence-corrected chi connectivity index (χ3v) is 2.31. The summed E-state index contributed by atoms with van der Waals surface area (Å²) in [7, 11) is 0. The van der Waals surface area contributed by atoms with Gasteiger partial charge in [0.1, 0.15) is 5.65 Å². The largest absolute Gasteiger partial charge is 0.346 e. The second kappa shape index (κ2) is 2.80. The molecule has 0 unspecified atom stereocenters. The molecule has 2 rings (SSSR count). The number of H-pyrrole nitrogens is 1. The number of nitrogens with one attached hydrogen (secondary N) is 1. The standard InChI is InChI=1S/C11H13FN2/c1-11(2,3)8-6-13-10-7(8)4-5-9(12)14-10/h4-6H,1-3H3,(H,13,14). The van der Waals surface area contributed by atoms with Gasteiger partial charge in [-0.15, -0.1) is 0 Å². The van der Waals surface area contributed by atoms with Crippen LogP contribution in [0.25, 0.3) is 11.0 Å². The number of fused-ring (bicyclic) bond motifs is 1. The predicted octanol–water partition coefficient (Wildman–Crippen LogP) is 3.00. The lowest BCUT2D eigenvalue weighted by molar-refractivity contribution is 0.587. The third kappa shape index (κ3) is 1.39. The minimum atomic E-state index is -0.445. The lowest BCUT2D eigenvalue weighted by Gasteiger charge is -2.16. The summed E-state index contributed by atoms with van der Waals surface area (Å²) in [6, 6.07) is 3.17. The molecule has 3 heteroatoms. The molecule has 2 aromatic rings. The maximum atomic E-state index is 12.8. The molecule has 2 heterocycles. The summed E-state index contributed by atoms with van der Waals surface area (Å²) in [5.74, 6) is -0.445. The van der Waals surface area contributed by atoms with E-state index in [1.165, 1.54) is 11.6 Å². The minimum Gasteiger partial charge on any atom is -0.346 e. The lowest BCUT2D eigenvalue weighted by atomic mass is 9.87. The van der Waals surface area contributed by atoms with Crippen molar-refractivity contribution in [3.05, 3.63) is 29.8 Å². The van der Waals surface area contributed by atoms with Crippen LogP contribution in [0.1, 0.15) is 26.3 Å². The average molecular weight is 192 g/mol. The maximum Gasteiger partial charge on any atom is 0.214 e. The third-order valence-electron chi connectivity index (χ3n) is 2.31. The molecule has 0 aromatic carbocycles. The summed E-state index contributed by atoms with van der Waals surface area (Å²) in [4.78, 5) is 6.77. The molecule has 0 fully saturated rings. The maximum absolute atomic E-state index is 12.8. The van der Waals surface area contributed by atoms with E-state index in [1.54, 1.807) is 6.07 Å². The van der Waals surface area contributed by atoms with Crippen molar-refractivity contribution in [1.29, 1.82) is 0 Å². The normalized spacial score (nSPS) is 12.3. The van der Waals surface area contributed by atoms with Crippen molar-refractivity contribution in [1.82, 2.24) is 9.97 Å². The Morgan fingerprint density at radius 2 is 2.00 bits per heavy atom. The first kappa shape index (κ1) is 9.19. The molecule has 0 spiro atoms. The number of aromatic amines is 1. The van der Waals surface area contributed by atoms with Gasteiger partial charge < -0.3 is 4.98 Å². The van der Waals surface area contributed by atoms with Crippen molar-refractivity contribution in [2.75, 3.05) is 0 Å². The molecular weight excluding hydrogens is 179 g/mol. The van der Waals surface area contributed by atoms with E-state index < -0.39 is 5.95 Å². The van der Waals surface area contributed by atoms with E-state index in [-0.39, 0.29) is 5.41 Å². The monoisotopic (exact) mass is 192 g/mol. The Bertz CT molecular complexity index is 466. The first-order valence-corrected chi connectivity index (χ1v) is 4.62. The molecule has 0 aliphatic rings. The van der Waals surface area contributed by atoms with E-state index >= 15 is 0 Å². The highest BCUT2D eigenvalue weighted by molar-refractivity contribution is 5.80. The predicted molar refractivity (Wildman–Crippen MR) is 54.8 cm³/mol. The van der Waals surface area contributed by atoms with Crippen LogP contribution in [-0.4, -0.2) is 9.97 Å². The quantitative estimate of drug-likeness (QED) is 0.638. The topological polar surface area (TPSA) is 28.7 Å². The summed E-state index contributed by atoms with van der Waals surface area (Å²) in [6.07, 6.45) is 1.90. The number of halogens is 1. The van der Waals surface area contributed by atoms with E-state index in [4.69, 9.17) is 0 Å². The molecule has 0 atom stereocenters. The number of nitrogens with zero attached hydrogens (tertiary/aromatic N) is 1. The highest BCUT2D eigenvalue weighted by Gasteiger charge is 2.18. The molecule has 0 saturated carbocycles. The van der Waals surface area contributed by atoms with Crippen LogP contribution in [0.2, 0.25) is 0 Å². The van der Waals surface area contributed by atoms with Crippen LogP contribution in [0.5, 0.6) is 0 Å². The van der Waals surface area contributed by atoms with Crippen LogP contribution in [0.15, 0.2) is 18.3 Å². The summed E-state index contributed by atoms with van der Waals surface area (Å²) >= 11 is 0. The molecule has 0 aliphatic carbocycles. The van der Waals surface area contributed by atoms with Crippen molar-refractivity contribution in [3.8, 4) is 0 Å². The highest BCUT2D eigenvalue weighted by atomic mass is 19.1. The van der Waals surface area contributed by atoms with Crippen LogP contribution in [0, 0.1) is 5.95 Å². The van der Waals surface area contributed by atoms with Crippen LogP contribution in [0.3, 0.4) is 0 Å². The van der Waals surface area contributed by atoms with Crippen LogP contribution in [0.4, 0.5) is 4.39 Å². The van der Waals surface area contributed by atoms with Crippen molar-refractivity contribution < 1.29 is 4.39 Å². The zero-order chi connectivity index (χ0) is 10.3. The van der Waals surface area contributed by atoms with Gasteiger partial charge in [0.25, 0.3) is 0 Å². The van der Waals surface area contributed by atoms with Gasteiger partial charge in [0, 0.05) is 11.6 Å². The van der Waals surface area contributed by atoms with Crippen LogP contribution < -0.4 is 0 Å². The van der Waals surface area contributed by atoms with Gasteiger partial charge in [0.2, 0.25) is 5.95 Å². The summed E-state index contributed by atoms with van der Waals surface area (Å²) in [5, 5.41) is 0.999. The molecule has 74 valence electrons. The van der Waals surface area contributed by atoms with Gasteiger partial charge in [-0.2, -0.15) is 4.39 Å². The Labute approximate surface area is 82.2 Å². The van der Waals surface area contributed by atoms with E-state index in [2.05, 4.69) is 30.7 Å². The summed E-state index contributed by atoms with van der Waals surface area (Å²) in [5.41, 5.74) is 1.84. The smallest absolute Gasteiger partial charge is 0.214 e. The number of hydrogen-bond acceptors (Lipinski definition) is 1. The molecular formula is C11H13FN2. The fourth-order valence-corrected chi connectivity index (χ4v) is 1.60. The van der Waals surface area contributed by atoms with Crippen LogP contribution in [-0.2, 0) is 5.41 Å². The zero-order valence-electron chi connectivity index (χ0n) is 8.56. The minimum absolute atomic E-state index is 0.0533. The molecule has 1 N–H and O–H groups in total. The second-order valence-corrected chi connectivity index (χ2v) is 4.48. The number of rotatable bonds is 0. The van der Waals surface area contributed by atoms with Crippen molar-refractivity contribution in [2.45, 2.75) is 26.2 Å². The van der Waals surface area contributed by atoms with Crippen LogP contribution >= 0.6 is 0 Å². The first-order valence-electron chi connectivity index (χ1n) is 4.62. The number of pyridine rings is 1. The van der Waals surface area contributed by atoms with Gasteiger partial charge in [-0.1, -0.05) is 20.8 Å². The van der Waals surface area contributed by atoms with Gasteiger partial charge in [0.15, 0.2) is 0 Å². The van der Waals surface area contributed by atoms with E-state index in [1.807, 2.05) is 6.20 Å². The molecule has 2 aromatic heterocycles. The fraction of sp³-hybridized carbons (Fsp3) is 0.364. The molecule has 0 amide bonds. The van der Waals surface area contributed by atoms with Gasteiger partial charge in [-0.05, 0) is 23.1 Å². The zero-order valence-corrected chi connectivity index (χ0v) is 8.56. The Morgan fingerprint density at radius 3 is 2.64 bits per heavy atom. The first-order chi connectivity index (χ1) is 6.48. The molecule has 0 saturated heterocycles. The number of hydrogen-bond donors (Lipinski definition) is 1. The van der Waals surface area contributed by atoms with Crippen molar-refractivity contribution in [3.63, 3.8) is 0 Å². The van der Waals surface area contributed by atoms with E-state index in [0.717, 1.165) is 5.39 Å². The van der Waals surface area contributed by atoms with Gasteiger partial charge in [-0.25, -0.2) is 4.98 Å². The Kier molecular flexibility index (Phi) is 1.84. The van der Waals surface area contributed by atoms with Gasteiger partial charge in [-0.3, -0.25) is 0 Å². The molecule has 0 aliphatic heterocycles. The molecule has 0 bridgehead atoms. The lowest BCUT2D eigenvalue weighted by Crippen LogP contribution is -2.09. The summed E-state index contributed by atoms with van der Waals surface area (Å²) in [6.45, 7) is 6.37. The Hall–Kier alpha value is -1.38. The number of aromatic nitrogens is 2. The van der Waals surface area contributed by atoms with Gasteiger partial charge >= 0.3 is 0 Å². The second-order valence-electron chi connectivity index (χ2n) is 4.48. The Morgan fingerprint density at radius 1 is 1.29 bits per heavy atom. The van der Waals surface area contributed by atoms with Crippen molar-refractivity contribution >= 4 is 11.0 Å². The fourth-order valence-electron chi connectivity index (χ4n) is 1.60. The average Bonchev–Trinajstić information content (AvgIpc) is 2.45. The summed E-state index contributed by atoms with van der Waals surface area (Å²) < 4.78 is 12.8. The molecule has 0 radical (unpaired) electrons. The van der Waals surface area contributed by atoms with Gasteiger partial charge in [0.05, 0.1) is 0 Å². The highest BCUT2D eigenvalue weighted by Crippen LogP contribution is 2.28. The Balaban J connectivity index is 2.70. The van der Waals surface area contributed by atoms with E-state index in [0.29, 0.717) is 5.65 Å². The molecule has 14 heavy (non-hydrogen) atoms.